The van der Waals surface area contributed by atoms with Crippen LogP contribution in [-0.4, -0.2) is 17.3 Å². The highest BCUT2D eigenvalue weighted by Gasteiger charge is 2.05. The molecule has 1 aromatic carbocycles. The van der Waals surface area contributed by atoms with E-state index in [9.17, 15) is 4.79 Å². The molecule has 0 aliphatic heterocycles. The Morgan fingerprint density at radius 1 is 1.47 bits per heavy atom. The second kappa shape index (κ2) is 7.72. The fraction of sp³-hybridized carbons (Fsp3) is 0.462. The first kappa shape index (κ1) is 14.5. The standard InChI is InChI=1S/C13H17BrClNO/c1-10(14)5-4-8-16-13(17)9-11-6-2-3-7-12(11)15/h2-3,6-7,10H,4-5,8-9H2,1H3,(H,16,17). The van der Waals surface area contributed by atoms with Gasteiger partial charge in [-0.15, -0.1) is 0 Å². The summed E-state index contributed by atoms with van der Waals surface area (Å²) in [4.78, 5) is 12.1. The van der Waals surface area contributed by atoms with Crippen molar-refractivity contribution in [2.75, 3.05) is 6.54 Å². The molecule has 94 valence electrons. The third kappa shape index (κ3) is 6.08. The molecule has 0 radical (unpaired) electrons. The van der Waals surface area contributed by atoms with Crippen LogP contribution in [0.5, 0.6) is 0 Å². The van der Waals surface area contributed by atoms with Gasteiger partial charge in [-0.2, -0.15) is 0 Å². The van der Waals surface area contributed by atoms with Gasteiger partial charge in [0.05, 0.1) is 6.42 Å². The van der Waals surface area contributed by atoms with E-state index in [2.05, 4.69) is 28.2 Å². The van der Waals surface area contributed by atoms with Crippen LogP contribution in [-0.2, 0) is 11.2 Å². The fourth-order valence-corrected chi connectivity index (χ4v) is 2.01. The Morgan fingerprint density at radius 3 is 2.82 bits per heavy atom. The molecule has 1 aromatic rings. The predicted octanol–water partition coefficient (Wildman–Crippen LogP) is 3.56. The van der Waals surface area contributed by atoms with Crippen molar-refractivity contribution >= 4 is 33.4 Å². The first-order valence-corrected chi connectivity index (χ1v) is 7.03. The number of carbonyl (C=O) groups excluding carboxylic acids is 1. The number of halogens is 2. The van der Waals surface area contributed by atoms with Crippen LogP contribution >= 0.6 is 27.5 Å². The van der Waals surface area contributed by atoms with Gasteiger partial charge in [0.25, 0.3) is 0 Å². The lowest BCUT2D eigenvalue weighted by Gasteiger charge is -2.07. The van der Waals surface area contributed by atoms with Crippen molar-refractivity contribution in [1.29, 1.82) is 0 Å². The Balaban J connectivity index is 2.28. The molecule has 0 bridgehead atoms. The van der Waals surface area contributed by atoms with E-state index >= 15 is 0 Å². The summed E-state index contributed by atoms with van der Waals surface area (Å²) < 4.78 is 0. The Bertz CT molecular complexity index is 368. The first-order chi connectivity index (χ1) is 8.09. The molecule has 0 heterocycles. The van der Waals surface area contributed by atoms with E-state index in [1.54, 1.807) is 6.07 Å². The zero-order valence-corrected chi connectivity index (χ0v) is 12.2. The molecule has 4 heteroatoms. The largest absolute Gasteiger partial charge is 0.356 e. The van der Waals surface area contributed by atoms with Crippen LogP contribution in [0.4, 0.5) is 0 Å². The van der Waals surface area contributed by atoms with Crippen LogP contribution in [0.1, 0.15) is 25.3 Å². The van der Waals surface area contributed by atoms with Crippen LogP contribution in [0.15, 0.2) is 24.3 Å². The quantitative estimate of drug-likeness (QED) is 0.630. The molecule has 0 aromatic heterocycles. The third-order valence-electron chi connectivity index (χ3n) is 2.41. The molecule has 0 aliphatic rings. The molecule has 0 spiro atoms. The van der Waals surface area contributed by atoms with Crippen molar-refractivity contribution in [2.45, 2.75) is 31.0 Å². The van der Waals surface area contributed by atoms with Crippen LogP contribution in [0.2, 0.25) is 5.02 Å². The van der Waals surface area contributed by atoms with E-state index in [4.69, 9.17) is 11.6 Å². The number of hydrogen-bond donors (Lipinski definition) is 1. The Morgan fingerprint density at radius 2 is 2.18 bits per heavy atom. The van der Waals surface area contributed by atoms with E-state index in [0.29, 0.717) is 16.3 Å². The lowest BCUT2D eigenvalue weighted by Crippen LogP contribution is -2.26. The number of alkyl halides is 1. The summed E-state index contributed by atoms with van der Waals surface area (Å²) in [6.07, 6.45) is 2.40. The molecule has 17 heavy (non-hydrogen) atoms. The van der Waals surface area contributed by atoms with Gasteiger partial charge < -0.3 is 5.32 Å². The normalized spacial score (nSPS) is 12.2. The molecule has 1 unspecified atom stereocenters. The number of carbonyl (C=O) groups is 1. The number of rotatable bonds is 6. The molecule has 0 saturated heterocycles. The number of amides is 1. The number of benzene rings is 1. The van der Waals surface area contributed by atoms with E-state index < -0.39 is 0 Å². The van der Waals surface area contributed by atoms with Crippen molar-refractivity contribution in [1.82, 2.24) is 5.32 Å². The SMILES string of the molecule is CC(Br)CCCNC(=O)Cc1ccccc1Cl. The summed E-state index contributed by atoms with van der Waals surface area (Å²) in [6.45, 7) is 2.82. The van der Waals surface area contributed by atoms with Crippen molar-refractivity contribution in [3.05, 3.63) is 34.9 Å². The minimum atomic E-state index is 0.0281. The molecule has 1 rings (SSSR count). The maximum atomic E-state index is 11.6. The minimum Gasteiger partial charge on any atom is -0.356 e. The molecule has 0 fully saturated rings. The highest BCUT2D eigenvalue weighted by Crippen LogP contribution is 2.15. The zero-order chi connectivity index (χ0) is 12.7. The summed E-state index contributed by atoms with van der Waals surface area (Å²) in [6, 6.07) is 7.43. The zero-order valence-electron chi connectivity index (χ0n) is 9.88. The minimum absolute atomic E-state index is 0.0281. The van der Waals surface area contributed by atoms with Gasteiger partial charge in [0.15, 0.2) is 0 Å². The highest BCUT2D eigenvalue weighted by molar-refractivity contribution is 9.09. The average molecular weight is 319 g/mol. The van der Waals surface area contributed by atoms with Crippen molar-refractivity contribution in [3.63, 3.8) is 0 Å². The molecule has 0 saturated carbocycles. The monoisotopic (exact) mass is 317 g/mol. The van der Waals surface area contributed by atoms with Crippen LogP contribution in [0.25, 0.3) is 0 Å². The summed E-state index contributed by atoms with van der Waals surface area (Å²) in [7, 11) is 0. The molecule has 1 N–H and O–H groups in total. The second-order valence-corrected chi connectivity index (χ2v) is 6.01. The molecule has 1 amide bonds. The molecular weight excluding hydrogens is 302 g/mol. The van der Waals surface area contributed by atoms with E-state index in [1.165, 1.54) is 0 Å². The van der Waals surface area contributed by atoms with Gasteiger partial charge >= 0.3 is 0 Å². The summed E-state index contributed by atoms with van der Waals surface area (Å²) in [5, 5.41) is 3.55. The fourth-order valence-electron chi connectivity index (χ4n) is 1.49. The summed E-state index contributed by atoms with van der Waals surface area (Å²) >= 11 is 9.46. The van der Waals surface area contributed by atoms with Gasteiger partial charge in [0, 0.05) is 16.4 Å². The van der Waals surface area contributed by atoms with Gasteiger partial charge in [-0.3, -0.25) is 4.79 Å². The Hall–Kier alpha value is -0.540. The van der Waals surface area contributed by atoms with Gasteiger partial charge in [-0.05, 0) is 24.5 Å². The highest BCUT2D eigenvalue weighted by atomic mass is 79.9. The van der Waals surface area contributed by atoms with Crippen molar-refractivity contribution < 1.29 is 4.79 Å². The van der Waals surface area contributed by atoms with Crippen LogP contribution in [0, 0.1) is 0 Å². The van der Waals surface area contributed by atoms with E-state index in [-0.39, 0.29) is 5.91 Å². The van der Waals surface area contributed by atoms with Gasteiger partial charge in [-0.1, -0.05) is 52.7 Å². The van der Waals surface area contributed by atoms with Gasteiger partial charge in [0.2, 0.25) is 5.91 Å². The lowest BCUT2D eigenvalue weighted by molar-refractivity contribution is -0.120. The molecular formula is C13H17BrClNO. The average Bonchev–Trinajstić information content (AvgIpc) is 2.27. The summed E-state index contributed by atoms with van der Waals surface area (Å²) in [5.74, 6) is 0.0281. The molecule has 2 nitrogen and oxygen atoms in total. The predicted molar refractivity (Wildman–Crippen MR) is 75.8 cm³/mol. The van der Waals surface area contributed by atoms with Crippen LogP contribution in [0.3, 0.4) is 0 Å². The van der Waals surface area contributed by atoms with E-state index in [0.717, 1.165) is 24.9 Å². The van der Waals surface area contributed by atoms with Crippen molar-refractivity contribution in [2.24, 2.45) is 0 Å². The molecule has 0 aliphatic carbocycles. The Labute approximate surface area is 116 Å². The topological polar surface area (TPSA) is 29.1 Å². The number of nitrogens with one attached hydrogen (secondary N) is 1. The summed E-state index contributed by atoms with van der Waals surface area (Å²) in [5.41, 5.74) is 0.875. The van der Waals surface area contributed by atoms with Gasteiger partial charge in [0.1, 0.15) is 0 Å². The van der Waals surface area contributed by atoms with Gasteiger partial charge in [-0.25, -0.2) is 0 Å². The maximum absolute atomic E-state index is 11.6. The maximum Gasteiger partial charge on any atom is 0.224 e. The second-order valence-electron chi connectivity index (χ2n) is 4.04. The number of hydrogen-bond acceptors (Lipinski definition) is 1. The Kier molecular flexibility index (Phi) is 6.60. The van der Waals surface area contributed by atoms with E-state index in [1.807, 2.05) is 18.2 Å². The third-order valence-corrected chi connectivity index (χ3v) is 3.24. The smallest absolute Gasteiger partial charge is 0.224 e. The lowest BCUT2D eigenvalue weighted by atomic mass is 10.1. The van der Waals surface area contributed by atoms with Crippen molar-refractivity contribution in [3.8, 4) is 0 Å². The van der Waals surface area contributed by atoms with Crippen LogP contribution < -0.4 is 5.32 Å². The first-order valence-electron chi connectivity index (χ1n) is 5.73. The molecule has 1 atom stereocenters.